The predicted molar refractivity (Wildman–Crippen MR) is 218 cm³/mol. The van der Waals surface area contributed by atoms with E-state index in [1.807, 2.05) is 129 Å². The summed E-state index contributed by atoms with van der Waals surface area (Å²) >= 11 is 1.69. The van der Waals surface area contributed by atoms with Crippen LogP contribution in [0.15, 0.2) is 147 Å². The summed E-state index contributed by atoms with van der Waals surface area (Å²) in [5.41, 5.74) is 5.06. The Morgan fingerprint density at radius 1 is 0.519 bits per heavy atom. The minimum Gasteiger partial charge on any atom is -0.440 e. The maximum atomic E-state index is 12.3. The highest BCUT2D eigenvalue weighted by Crippen LogP contribution is 2.33. The van der Waals surface area contributed by atoms with Crippen molar-refractivity contribution in [1.82, 2.24) is 29.9 Å². The number of aromatic nitrogens is 6. The van der Waals surface area contributed by atoms with E-state index in [0.29, 0.717) is 53.1 Å². The molecule has 9 nitrogen and oxygen atoms in total. The number of rotatable bonds is 8. The van der Waals surface area contributed by atoms with Crippen LogP contribution in [0, 0.1) is 0 Å². The van der Waals surface area contributed by atoms with Crippen LogP contribution >= 0.6 is 11.3 Å². The molecule has 0 spiro atoms. The lowest BCUT2D eigenvalue weighted by atomic mass is 10.1. The Morgan fingerprint density at radius 2 is 1.02 bits per heavy atom. The average molecular weight is 731 g/mol. The van der Waals surface area contributed by atoms with Gasteiger partial charge in [-0.05, 0) is 36.4 Å². The Kier molecular flexibility index (Phi) is 11.2. The molecule has 10 heteroatoms. The second kappa shape index (κ2) is 16.9. The summed E-state index contributed by atoms with van der Waals surface area (Å²) in [5, 5.41) is 2.29. The minimum absolute atomic E-state index is 0.0788. The number of H-pyrrole nitrogens is 2. The molecule has 0 aliphatic rings. The lowest BCUT2D eigenvalue weighted by Gasteiger charge is -2.01. The van der Waals surface area contributed by atoms with E-state index in [1.54, 1.807) is 23.5 Å². The first-order valence-corrected chi connectivity index (χ1v) is 18.8. The molecule has 0 bridgehead atoms. The van der Waals surface area contributed by atoms with Crippen molar-refractivity contribution in [2.75, 3.05) is 0 Å². The molecule has 0 radical (unpaired) electrons. The van der Waals surface area contributed by atoms with Crippen molar-refractivity contribution in [3.63, 3.8) is 0 Å². The highest BCUT2D eigenvalue weighted by molar-refractivity contribution is 7.18. The summed E-state index contributed by atoms with van der Waals surface area (Å²) in [4.78, 5) is 48.6. The maximum Gasteiger partial charge on any atom is 0.258 e. The molecule has 0 aliphatic carbocycles. The molecule has 9 rings (SSSR count). The summed E-state index contributed by atoms with van der Waals surface area (Å²) in [6, 6.07) is 42.8. The fourth-order valence-electron chi connectivity index (χ4n) is 6.03. The van der Waals surface area contributed by atoms with Crippen molar-refractivity contribution in [3.8, 4) is 22.6 Å². The summed E-state index contributed by atoms with van der Waals surface area (Å²) in [6.45, 7) is 4.00. The van der Waals surface area contributed by atoms with Crippen LogP contribution in [0.4, 0.5) is 0 Å². The van der Waals surface area contributed by atoms with Crippen molar-refractivity contribution in [3.05, 3.63) is 177 Å². The van der Waals surface area contributed by atoms with Crippen molar-refractivity contribution < 1.29 is 4.42 Å². The highest BCUT2D eigenvalue weighted by atomic mass is 32.1. The normalized spacial score (nSPS) is 10.9. The third-order valence-electron chi connectivity index (χ3n) is 8.57. The molecular weight excluding hydrogens is 693 g/mol. The van der Waals surface area contributed by atoms with Crippen LogP contribution < -0.4 is 11.1 Å². The number of nitrogens with one attached hydrogen (secondary N) is 2. The standard InChI is InChI=1S/C25H19N3O2.C17H13N3OS.C2H6/c29-25-19-13-7-8-14-20(19)26-21(27-25)15-16-22-28-23(17-9-3-1-4-10-17)24(30-22)18-11-5-2-6-12-18;21-17-11-5-1-2-6-12(11)18-15(20-17)9-10-16-19-13-7-3-4-8-14(13)22-16;1-2/h1-14H,15-16H2,(H,26,27,29);1-8H,9-10H2,(H,18,20,21);1-2H3. The molecule has 4 heterocycles. The van der Waals surface area contributed by atoms with Crippen LogP contribution in [0.1, 0.15) is 36.4 Å². The molecule has 0 aliphatic heterocycles. The van der Waals surface area contributed by atoms with Gasteiger partial charge in [-0.3, -0.25) is 9.59 Å². The zero-order chi connectivity index (χ0) is 37.3. The van der Waals surface area contributed by atoms with Gasteiger partial charge in [0.15, 0.2) is 11.7 Å². The van der Waals surface area contributed by atoms with Gasteiger partial charge in [0, 0.05) is 36.8 Å². The molecule has 0 saturated heterocycles. The smallest absolute Gasteiger partial charge is 0.258 e. The molecule has 9 aromatic rings. The molecule has 0 amide bonds. The molecule has 0 fully saturated rings. The van der Waals surface area contributed by atoms with Gasteiger partial charge in [-0.25, -0.2) is 19.9 Å². The van der Waals surface area contributed by atoms with Crippen molar-refractivity contribution in [1.29, 1.82) is 0 Å². The summed E-state index contributed by atoms with van der Waals surface area (Å²) in [5.74, 6) is 2.70. The van der Waals surface area contributed by atoms with Crippen LogP contribution in [-0.2, 0) is 25.7 Å². The number of hydrogen-bond donors (Lipinski definition) is 2. The zero-order valence-corrected chi connectivity index (χ0v) is 30.8. The van der Waals surface area contributed by atoms with Gasteiger partial charge in [-0.15, -0.1) is 11.3 Å². The van der Waals surface area contributed by atoms with E-state index < -0.39 is 0 Å². The monoisotopic (exact) mass is 730 g/mol. The number of benzene rings is 5. The second-order valence-electron chi connectivity index (χ2n) is 12.2. The topological polar surface area (TPSA) is 130 Å². The van der Waals surface area contributed by atoms with E-state index in [9.17, 15) is 9.59 Å². The summed E-state index contributed by atoms with van der Waals surface area (Å²) in [6.07, 6.45) is 2.53. The first-order valence-electron chi connectivity index (χ1n) is 18.0. The van der Waals surface area contributed by atoms with Gasteiger partial charge in [0.2, 0.25) is 0 Å². The van der Waals surface area contributed by atoms with E-state index >= 15 is 0 Å². The Balaban J connectivity index is 0.000000166. The van der Waals surface area contributed by atoms with Crippen LogP contribution in [0.2, 0.25) is 0 Å². The Bertz CT molecular complexity index is 2660. The molecule has 0 unspecified atom stereocenters. The first-order chi connectivity index (χ1) is 26.6. The number of aromatic amines is 2. The lowest BCUT2D eigenvalue weighted by molar-refractivity contribution is 0.503. The van der Waals surface area contributed by atoms with E-state index in [-0.39, 0.29) is 11.1 Å². The van der Waals surface area contributed by atoms with E-state index in [2.05, 4.69) is 31.0 Å². The van der Waals surface area contributed by atoms with Crippen molar-refractivity contribution >= 4 is 43.4 Å². The first kappa shape index (κ1) is 35.9. The number of hydrogen-bond acceptors (Lipinski definition) is 8. The summed E-state index contributed by atoms with van der Waals surface area (Å²) in [7, 11) is 0. The Labute approximate surface area is 315 Å². The predicted octanol–water partition coefficient (Wildman–Crippen LogP) is 9.37. The van der Waals surface area contributed by atoms with Crippen LogP contribution in [0.5, 0.6) is 0 Å². The molecule has 54 heavy (non-hydrogen) atoms. The number of para-hydroxylation sites is 3. The number of aryl methyl sites for hydroxylation is 4. The van der Waals surface area contributed by atoms with Crippen molar-refractivity contribution in [2.45, 2.75) is 39.5 Å². The number of fused-ring (bicyclic) bond motifs is 3. The van der Waals surface area contributed by atoms with Crippen LogP contribution in [0.3, 0.4) is 0 Å². The van der Waals surface area contributed by atoms with Gasteiger partial charge in [0.1, 0.15) is 17.3 Å². The van der Waals surface area contributed by atoms with Gasteiger partial charge in [-0.2, -0.15) is 0 Å². The molecule has 4 aromatic heterocycles. The minimum atomic E-state index is -0.127. The van der Waals surface area contributed by atoms with E-state index in [0.717, 1.165) is 45.0 Å². The molecular formula is C44H38N6O3S. The van der Waals surface area contributed by atoms with Crippen LogP contribution in [0.25, 0.3) is 54.6 Å². The molecule has 268 valence electrons. The van der Waals surface area contributed by atoms with Gasteiger partial charge in [0.05, 0.1) is 37.0 Å². The third kappa shape index (κ3) is 8.24. The fraction of sp³-hybridized carbons (Fsp3) is 0.136. The second-order valence-corrected chi connectivity index (χ2v) is 13.3. The highest BCUT2D eigenvalue weighted by Gasteiger charge is 2.17. The molecule has 5 aromatic carbocycles. The Morgan fingerprint density at radius 3 is 1.61 bits per heavy atom. The number of thiazole rings is 1. The van der Waals surface area contributed by atoms with Gasteiger partial charge < -0.3 is 14.4 Å². The summed E-state index contributed by atoms with van der Waals surface area (Å²) < 4.78 is 7.36. The average Bonchev–Trinajstić information content (AvgIpc) is 3.86. The SMILES string of the molecule is CC.O=c1[nH]c(CCc2nc(-c3ccccc3)c(-c3ccccc3)o2)nc2ccccc12.O=c1[nH]c(CCc2nc3ccccc3s2)nc2ccccc12. The van der Waals surface area contributed by atoms with Gasteiger partial charge >= 0.3 is 0 Å². The number of oxazole rings is 1. The van der Waals surface area contributed by atoms with E-state index in [4.69, 9.17) is 9.40 Å². The Hall–Kier alpha value is -6.52. The van der Waals surface area contributed by atoms with Gasteiger partial charge in [-0.1, -0.05) is 111 Å². The molecule has 0 saturated carbocycles. The molecule has 0 atom stereocenters. The third-order valence-corrected chi connectivity index (χ3v) is 9.66. The zero-order valence-electron chi connectivity index (χ0n) is 30.0. The number of nitrogens with zero attached hydrogens (tertiary/aromatic N) is 4. The maximum absolute atomic E-state index is 12.3. The quantitative estimate of drug-likeness (QED) is 0.159. The van der Waals surface area contributed by atoms with Crippen molar-refractivity contribution in [2.24, 2.45) is 0 Å². The largest absolute Gasteiger partial charge is 0.440 e. The van der Waals surface area contributed by atoms with E-state index in [1.165, 1.54) is 4.70 Å². The molecule has 2 N–H and O–H groups in total. The van der Waals surface area contributed by atoms with Crippen LogP contribution in [-0.4, -0.2) is 29.9 Å². The fourth-order valence-corrected chi connectivity index (χ4v) is 7.00. The lowest BCUT2D eigenvalue weighted by Crippen LogP contribution is -2.12. The van der Waals surface area contributed by atoms with Gasteiger partial charge in [0.25, 0.3) is 11.1 Å².